The van der Waals surface area contributed by atoms with E-state index in [-0.39, 0.29) is 24.4 Å². The lowest BCUT2D eigenvalue weighted by atomic mass is 9.90. The van der Waals surface area contributed by atoms with Gasteiger partial charge in [0.15, 0.2) is 5.83 Å². The maximum Gasteiger partial charge on any atom is 0.320 e. The minimum atomic E-state index is -0.889. The normalized spacial score (nSPS) is 20.3. The number of aromatic nitrogens is 2. The Morgan fingerprint density at radius 1 is 1.29 bits per heavy atom. The number of thioether (sulfide) groups is 1. The number of benzene rings is 1. The van der Waals surface area contributed by atoms with E-state index in [0.29, 0.717) is 37.6 Å². The fourth-order valence-electron chi connectivity index (χ4n) is 4.37. The van der Waals surface area contributed by atoms with Crippen LogP contribution in [0.1, 0.15) is 6.42 Å². The number of hydrogen-bond acceptors (Lipinski definition) is 5. The number of urea groups is 1. The van der Waals surface area contributed by atoms with Gasteiger partial charge in [0.25, 0.3) is 0 Å². The number of rotatable bonds is 8. The molecule has 1 aliphatic carbocycles. The smallest absolute Gasteiger partial charge is 0.320 e. The van der Waals surface area contributed by atoms with Gasteiger partial charge in [0.1, 0.15) is 11.6 Å². The second-order valence-electron chi connectivity index (χ2n) is 8.57. The Balaban J connectivity index is 1.45. The molecule has 35 heavy (non-hydrogen) atoms. The molecular weight excluding hydrogens is 472 g/mol. The summed E-state index contributed by atoms with van der Waals surface area (Å²) in [6.07, 6.45) is 2.92. The Hall–Kier alpha value is -2.91. The standard InChI is InChI=1S/C25H29F2N5O2S/c1-31-24(13-22(30-31)16-4-7-18(35-3)8-5-16)29-25(33)28-23-15-32(10-11-34-2)14-19(23)17-6-9-20(26)21(27)12-17/h4-5,7-9,13,19,23H,10-12,14-15H2,1-3H3,(H2,28,29,33)/t19-,23+/m0/s1. The quantitative estimate of drug-likeness (QED) is 0.411. The summed E-state index contributed by atoms with van der Waals surface area (Å²) in [5.74, 6) is -1.33. The second-order valence-corrected chi connectivity index (χ2v) is 9.45. The van der Waals surface area contributed by atoms with Crippen LogP contribution in [-0.2, 0) is 11.8 Å². The summed E-state index contributed by atoms with van der Waals surface area (Å²) in [5.41, 5.74) is 5.23. The molecule has 1 aromatic carbocycles. The largest absolute Gasteiger partial charge is 0.383 e. The average molecular weight is 502 g/mol. The second kappa shape index (κ2) is 11.2. The topological polar surface area (TPSA) is 71.4 Å². The molecule has 0 saturated carbocycles. The number of halogens is 2. The van der Waals surface area contributed by atoms with Crippen LogP contribution in [-0.4, -0.2) is 66.4 Å². The van der Waals surface area contributed by atoms with E-state index in [4.69, 9.17) is 4.74 Å². The molecule has 2 aromatic rings. The minimum absolute atomic E-state index is 0.134. The molecule has 1 fully saturated rings. The Bertz CT molecular complexity index is 1170. The number of ether oxygens (including phenoxy) is 1. The highest BCUT2D eigenvalue weighted by atomic mass is 32.2. The van der Waals surface area contributed by atoms with Gasteiger partial charge in [-0.1, -0.05) is 12.1 Å². The number of allylic oxidation sites excluding steroid dienone is 2. The van der Waals surface area contributed by atoms with Crippen molar-refractivity contribution >= 4 is 23.6 Å². The zero-order valence-corrected chi connectivity index (χ0v) is 20.8. The molecule has 4 rings (SSSR count). The number of hydrogen-bond donors (Lipinski definition) is 2. The molecular formula is C25H29F2N5O2S. The Morgan fingerprint density at radius 2 is 2.06 bits per heavy atom. The lowest BCUT2D eigenvalue weighted by molar-refractivity contribution is 0.159. The molecule has 186 valence electrons. The molecule has 7 nitrogen and oxygen atoms in total. The molecule has 0 bridgehead atoms. The third-order valence-electron chi connectivity index (χ3n) is 6.27. The molecule has 2 aliphatic rings. The van der Waals surface area contributed by atoms with E-state index < -0.39 is 11.7 Å². The van der Waals surface area contributed by atoms with E-state index >= 15 is 0 Å². The molecule has 2 heterocycles. The number of aryl methyl sites for hydroxylation is 1. The monoisotopic (exact) mass is 501 g/mol. The number of amides is 2. The third kappa shape index (κ3) is 6.02. The summed E-state index contributed by atoms with van der Waals surface area (Å²) < 4.78 is 34.2. The predicted molar refractivity (Wildman–Crippen MR) is 134 cm³/mol. The highest BCUT2D eigenvalue weighted by Crippen LogP contribution is 2.32. The van der Waals surface area contributed by atoms with Crippen molar-refractivity contribution in [3.8, 4) is 11.3 Å². The fourth-order valence-corrected chi connectivity index (χ4v) is 4.78. The van der Waals surface area contributed by atoms with Crippen LogP contribution in [0.5, 0.6) is 0 Å². The van der Waals surface area contributed by atoms with Crippen LogP contribution < -0.4 is 10.6 Å². The van der Waals surface area contributed by atoms with Crippen molar-refractivity contribution in [2.24, 2.45) is 13.0 Å². The molecule has 10 heteroatoms. The number of nitrogens with zero attached hydrogens (tertiary/aromatic N) is 3. The van der Waals surface area contributed by atoms with E-state index in [1.165, 1.54) is 0 Å². The molecule has 1 aromatic heterocycles. The van der Waals surface area contributed by atoms with E-state index in [1.54, 1.807) is 30.6 Å². The van der Waals surface area contributed by atoms with Crippen molar-refractivity contribution in [1.82, 2.24) is 20.0 Å². The Morgan fingerprint density at radius 3 is 2.74 bits per heavy atom. The summed E-state index contributed by atoms with van der Waals surface area (Å²) in [4.78, 5) is 16.2. The average Bonchev–Trinajstić information content (AvgIpc) is 3.42. The number of carbonyl (C=O) groups excluding carboxylic acids is 1. The van der Waals surface area contributed by atoms with Crippen molar-refractivity contribution in [2.75, 3.05) is 44.9 Å². The van der Waals surface area contributed by atoms with Gasteiger partial charge in [-0.05, 0) is 24.0 Å². The molecule has 0 unspecified atom stereocenters. The summed E-state index contributed by atoms with van der Waals surface area (Å²) in [5, 5.41) is 10.4. The summed E-state index contributed by atoms with van der Waals surface area (Å²) >= 11 is 1.67. The number of likely N-dealkylation sites (tertiary alicyclic amines) is 1. The highest BCUT2D eigenvalue weighted by molar-refractivity contribution is 7.98. The molecule has 1 aliphatic heterocycles. The summed E-state index contributed by atoms with van der Waals surface area (Å²) in [7, 11) is 3.40. The van der Waals surface area contributed by atoms with Crippen LogP contribution in [0.3, 0.4) is 0 Å². The van der Waals surface area contributed by atoms with E-state index in [1.807, 2.05) is 36.6 Å². The summed E-state index contributed by atoms with van der Waals surface area (Å²) in [6.45, 7) is 2.39. The van der Waals surface area contributed by atoms with Crippen molar-refractivity contribution < 1.29 is 18.3 Å². The predicted octanol–water partition coefficient (Wildman–Crippen LogP) is 4.51. The lowest BCUT2D eigenvalue weighted by Gasteiger charge is -2.22. The van der Waals surface area contributed by atoms with Gasteiger partial charge in [0, 0.05) is 68.7 Å². The number of carbonyl (C=O) groups is 1. The molecule has 2 atom stereocenters. The third-order valence-corrected chi connectivity index (χ3v) is 7.01. The molecule has 2 amide bonds. The SMILES string of the molecule is COCCN1C[C@@H](NC(=O)Nc2cc(-c3ccc(SC)cc3)nn2C)[C@H](C2=C=CC(F)=C(F)C2)C1. The molecule has 2 N–H and O–H groups in total. The van der Waals surface area contributed by atoms with Crippen LogP contribution >= 0.6 is 11.8 Å². The van der Waals surface area contributed by atoms with E-state index in [2.05, 4.69) is 26.4 Å². The van der Waals surface area contributed by atoms with Gasteiger partial charge in [0.2, 0.25) is 0 Å². The zero-order valence-electron chi connectivity index (χ0n) is 20.0. The van der Waals surface area contributed by atoms with Gasteiger partial charge in [0.05, 0.1) is 18.3 Å². The van der Waals surface area contributed by atoms with Crippen LogP contribution in [0.2, 0.25) is 0 Å². The van der Waals surface area contributed by atoms with E-state index in [0.717, 1.165) is 22.2 Å². The number of methoxy groups -OCH3 is 1. The molecule has 0 radical (unpaired) electrons. The fraction of sp³-hybridized carbons (Fsp3) is 0.400. The Kier molecular flexibility index (Phi) is 8.07. The van der Waals surface area contributed by atoms with Crippen LogP contribution in [0.4, 0.5) is 19.4 Å². The minimum Gasteiger partial charge on any atom is -0.383 e. The van der Waals surface area contributed by atoms with Gasteiger partial charge in [-0.25, -0.2) is 13.6 Å². The van der Waals surface area contributed by atoms with Crippen LogP contribution in [0, 0.1) is 5.92 Å². The van der Waals surface area contributed by atoms with Gasteiger partial charge < -0.3 is 10.1 Å². The molecule has 1 saturated heterocycles. The van der Waals surface area contributed by atoms with Crippen molar-refractivity contribution in [2.45, 2.75) is 17.4 Å². The Labute approximate surface area is 207 Å². The number of anilines is 1. The first-order valence-corrected chi connectivity index (χ1v) is 12.6. The van der Waals surface area contributed by atoms with Crippen LogP contribution in [0.25, 0.3) is 11.3 Å². The molecule has 0 spiro atoms. The first-order chi connectivity index (χ1) is 16.9. The highest BCUT2D eigenvalue weighted by Gasteiger charge is 2.37. The maximum absolute atomic E-state index is 14.0. The summed E-state index contributed by atoms with van der Waals surface area (Å²) in [6, 6.07) is 9.20. The van der Waals surface area contributed by atoms with Gasteiger partial charge in [-0.2, -0.15) is 5.10 Å². The lowest BCUT2D eigenvalue weighted by Crippen LogP contribution is -2.43. The van der Waals surface area contributed by atoms with E-state index in [9.17, 15) is 13.6 Å². The number of nitrogens with one attached hydrogen (secondary N) is 2. The van der Waals surface area contributed by atoms with Gasteiger partial charge in [-0.15, -0.1) is 17.5 Å². The van der Waals surface area contributed by atoms with Crippen molar-refractivity contribution in [3.63, 3.8) is 0 Å². The van der Waals surface area contributed by atoms with Crippen molar-refractivity contribution in [1.29, 1.82) is 0 Å². The van der Waals surface area contributed by atoms with Gasteiger partial charge >= 0.3 is 6.03 Å². The zero-order chi connectivity index (χ0) is 24.9. The van der Waals surface area contributed by atoms with Gasteiger partial charge in [-0.3, -0.25) is 14.9 Å². The first-order valence-electron chi connectivity index (χ1n) is 11.3. The van der Waals surface area contributed by atoms with Crippen LogP contribution in [0.15, 0.2) is 64.3 Å². The first kappa shape index (κ1) is 25.2. The maximum atomic E-state index is 14.0. The van der Waals surface area contributed by atoms with Crippen molar-refractivity contribution in [3.05, 3.63) is 59.4 Å².